The number of amides is 3. The molecule has 5 rings (SSSR count). The number of carboxylic acids is 1. The minimum absolute atomic E-state index is 0.127. The number of carboxylic acid groups (broad SMARTS) is 1. The highest BCUT2D eigenvalue weighted by Gasteiger charge is 2.62. The van der Waals surface area contributed by atoms with E-state index in [-0.39, 0.29) is 13.0 Å². The van der Waals surface area contributed by atoms with Gasteiger partial charge < -0.3 is 155 Å². The third kappa shape index (κ3) is 31.4. The summed E-state index contributed by atoms with van der Waals surface area (Å²) in [5, 5.41) is 206. The molecule has 0 spiro atoms. The molecule has 35 heteroatoms. The summed E-state index contributed by atoms with van der Waals surface area (Å²) in [6.07, 6.45) is -14.1. The SMILES string of the molecule is CCCCCCCCCCCCCCCCCCCC(=O)N[C@H](CO[C@@H]1O[C@H](CO)[C@@H](O[C@@H]2O[C@H](CO)[C@H](O[C@@H]3O[C@H](CO)[C@H](O)[C@H](O[C@@H]4O[C@H](CO)[C@H](O)[C@H](O)[C@H]4O)[C@H]3NC(C)=O)[C@H](O[C@]3(C(=O)O)C[C@H](O)[C@@H](NC(C)=O)[C@H]([C@H](O)[C@H](O)CO)O3)[C@H]2O)[C@H](O)[C@H]1O)[C@@H](O)/C=C/CCCCCCCCCCCCCCO. The fraction of sp³-hybridized carbons (Fsp3) is 0.921. The highest BCUT2D eigenvalue weighted by Crippen LogP contribution is 2.41. The molecule has 0 aromatic rings. The number of ether oxygens (including phenoxy) is 10. The van der Waals surface area contributed by atoms with Crippen LogP contribution in [0.5, 0.6) is 0 Å². The van der Waals surface area contributed by atoms with Gasteiger partial charge in [0, 0.05) is 33.3 Å². The lowest BCUT2D eigenvalue weighted by molar-refractivity contribution is -0.403. The molecule has 3 amide bonds. The van der Waals surface area contributed by atoms with Crippen molar-refractivity contribution in [3.05, 3.63) is 12.2 Å². The zero-order valence-electron chi connectivity index (χ0n) is 65.1. The highest BCUT2D eigenvalue weighted by molar-refractivity contribution is 5.77. The molecule has 0 aromatic carbocycles. The molecule has 5 saturated heterocycles. The molecule has 0 bridgehead atoms. The van der Waals surface area contributed by atoms with Crippen LogP contribution in [0, 0.1) is 0 Å². The van der Waals surface area contributed by atoms with Gasteiger partial charge in [0.1, 0.15) is 116 Å². The van der Waals surface area contributed by atoms with Gasteiger partial charge in [0.15, 0.2) is 25.2 Å². The maximum atomic E-state index is 13.8. The minimum Gasteiger partial charge on any atom is -0.477 e. The third-order valence-electron chi connectivity index (χ3n) is 21.4. The Hall–Kier alpha value is -3.46. The summed E-state index contributed by atoms with van der Waals surface area (Å²) in [5.41, 5.74) is 0. The van der Waals surface area contributed by atoms with Crippen LogP contribution in [-0.4, -0.2) is 333 Å². The first-order valence-corrected chi connectivity index (χ1v) is 40.7. The van der Waals surface area contributed by atoms with Crippen LogP contribution in [0.1, 0.15) is 226 Å². The summed E-state index contributed by atoms with van der Waals surface area (Å²) >= 11 is 0. The summed E-state index contributed by atoms with van der Waals surface area (Å²) in [6, 6.07) is -4.83. The van der Waals surface area contributed by atoms with Crippen LogP contribution in [0.2, 0.25) is 0 Å². The fourth-order valence-corrected chi connectivity index (χ4v) is 14.9. The monoisotopic (exact) mass is 1600 g/mol. The molecule has 0 radical (unpaired) electrons. The Morgan fingerprint density at radius 3 is 1.43 bits per heavy atom. The summed E-state index contributed by atoms with van der Waals surface area (Å²) in [5.74, 6) is -7.73. The van der Waals surface area contributed by atoms with E-state index in [1.54, 1.807) is 6.08 Å². The molecular formula is C76H137N3O32. The molecule has 35 nitrogen and oxygen atoms in total. The number of aliphatic carboxylic acids is 1. The molecule has 5 fully saturated rings. The van der Waals surface area contributed by atoms with Crippen molar-refractivity contribution in [1.82, 2.24) is 16.0 Å². The topological polar surface area (TPSA) is 561 Å². The molecule has 111 heavy (non-hydrogen) atoms. The Bertz CT molecular complexity index is 2570. The van der Waals surface area contributed by atoms with E-state index >= 15 is 0 Å². The molecule has 0 unspecified atom stereocenters. The van der Waals surface area contributed by atoms with Gasteiger partial charge in [-0.3, -0.25) is 14.4 Å². The second-order valence-corrected chi connectivity index (χ2v) is 30.4. The van der Waals surface area contributed by atoms with Crippen molar-refractivity contribution in [1.29, 1.82) is 0 Å². The zero-order chi connectivity index (χ0) is 81.6. The van der Waals surface area contributed by atoms with Crippen molar-refractivity contribution >= 4 is 23.7 Å². The van der Waals surface area contributed by atoms with E-state index in [4.69, 9.17) is 52.5 Å². The van der Waals surface area contributed by atoms with Crippen molar-refractivity contribution in [2.24, 2.45) is 0 Å². The smallest absolute Gasteiger partial charge is 0.364 e. The molecule has 0 aliphatic carbocycles. The van der Waals surface area contributed by atoms with Gasteiger partial charge in [0.25, 0.3) is 5.79 Å². The number of hydrogen-bond acceptors (Lipinski definition) is 31. The van der Waals surface area contributed by atoms with Crippen LogP contribution >= 0.6 is 0 Å². The van der Waals surface area contributed by atoms with Crippen molar-refractivity contribution in [3.8, 4) is 0 Å². The predicted octanol–water partition coefficient (Wildman–Crippen LogP) is -0.900. The molecule has 648 valence electrons. The van der Waals surface area contributed by atoms with E-state index in [0.717, 1.165) is 104 Å². The van der Waals surface area contributed by atoms with Crippen molar-refractivity contribution < 1.29 is 158 Å². The maximum Gasteiger partial charge on any atom is 0.364 e. The van der Waals surface area contributed by atoms with Gasteiger partial charge in [-0.05, 0) is 25.7 Å². The van der Waals surface area contributed by atoms with E-state index in [1.165, 1.54) is 96.0 Å². The first kappa shape index (κ1) is 98.1. The second-order valence-electron chi connectivity index (χ2n) is 30.4. The number of allylic oxidation sites excluding steroid dienone is 1. The van der Waals surface area contributed by atoms with Crippen molar-refractivity contribution in [2.45, 2.75) is 397 Å². The summed E-state index contributed by atoms with van der Waals surface area (Å²) < 4.78 is 60.1. The average Bonchev–Trinajstić information content (AvgIpc) is 0.747. The van der Waals surface area contributed by atoms with Crippen LogP contribution in [0.4, 0.5) is 0 Å². The summed E-state index contributed by atoms with van der Waals surface area (Å²) in [6.45, 7) is -1.67. The van der Waals surface area contributed by atoms with Crippen molar-refractivity contribution in [3.63, 3.8) is 0 Å². The number of aliphatic hydroxyl groups is 17. The second kappa shape index (κ2) is 53.1. The third-order valence-corrected chi connectivity index (χ3v) is 21.4. The Morgan fingerprint density at radius 1 is 0.477 bits per heavy atom. The number of rotatable bonds is 56. The molecule has 5 aliphatic rings. The quantitative estimate of drug-likeness (QED) is 0.0259. The van der Waals surface area contributed by atoms with E-state index in [1.807, 2.05) is 0 Å². The lowest BCUT2D eigenvalue weighted by Gasteiger charge is -2.52. The number of unbranched alkanes of at least 4 members (excludes halogenated alkanes) is 28. The van der Waals surface area contributed by atoms with Gasteiger partial charge in [-0.1, -0.05) is 186 Å². The highest BCUT2D eigenvalue weighted by atomic mass is 16.8. The Morgan fingerprint density at radius 2 is 0.919 bits per heavy atom. The molecule has 0 saturated carbocycles. The largest absolute Gasteiger partial charge is 0.477 e. The van der Waals surface area contributed by atoms with Gasteiger partial charge >= 0.3 is 5.97 Å². The number of nitrogens with one attached hydrogen (secondary N) is 3. The van der Waals surface area contributed by atoms with Crippen LogP contribution in [0.25, 0.3) is 0 Å². The molecule has 5 aliphatic heterocycles. The number of carbonyl (C=O) groups excluding carboxylic acids is 3. The standard InChI is InChI=1S/C76H137N3O32/c1-4-5-6-7-8-9-10-11-12-13-14-18-21-24-27-30-33-36-55(91)79-47(48(88)35-32-29-26-23-20-17-15-16-19-22-25-28-31-34-37-80)44-102-72-64(98)62(96)66(53(42-84)105-72)107-74-65(99)70(111-76(75(100)101)38-49(89)56(77-45(2)86)69(110-76)58(92)50(90)39-81)67(54(43-85)106-74)108-71-57(78-46(3)87)68(60(94)52(41-83)103-71)109-73-63(97)61(95)59(93)51(40-82)104-73/h32,35,47-54,56-74,80-85,88-90,92-99H,4-31,33-34,36-44H2,1-3H3,(H,77,86)(H,78,87)(H,79,91)(H,100,101)/b35-32+/t47-,48+,49+,50-,51-,52-,53-,54-,56-,57-,58-,59+,60+,61+,62-,63-,64-,65-,66-,67+,68-,69-,70-,71+,72-,73+,74+,76+/m1/s1. The molecule has 0 aromatic heterocycles. The Balaban J connectivity index is 1.37. The Labute approximate surface area is 651 Å². The predicted molar refractivity (Wildman–Crippen MR) is 394 cm³/mol. The zero-order valence-corrected chi connectivity index (χ0v) is 65.1. The first-order chi connectivity index (χ1) is 53.3. The maximum absolute atomic E-state index is 13.8. The molecular weight excluding hydrogens is 1470 g/mol. The number of hydrogen-bond donors (Lipinski definition) is 21. The van der Waals surface area contributed by atoms with Gasteiger partial charge in [0.2, 0.25) is 17.7 Å². The van der Waals surface area contributed by atoms with Crippen LogP contribution in [0.15, 0.2) is 12.2 Å². The van der Waals surface area contributed by atoms with Gasteiger partial charge in [-0.2, -0.15) is 0 Å². The van der Waals surface area contributed by atoms with Crippen LogP contribution in [-0.2, 0) is 66.5 Å². The van der Waals surface area contributed by atoms with Gasteiger partial charge in [-0.15, -0.1) is 0 Å². The summed E-state index contributed by atoms with van der Waals surface area (Å²) in [4.78, 5) is 53.1. The average molecular weight is 1600 g/mol. The lowest BCUT2D eigenvalue weighted by Crippen LogP contribution is -2.72. The minimum atomic E-state index is -3.39. The number of carbonyl (C=O) groups is 4. The first-order valence-electron chi connectivity index (χ1n) is 40.7. The van der Waals surface area contributed by atoms with Crippen LogP contribution in [0.3, 0.4) is 0 Å². The normalized spacial score (nSPS) is 33.8. The molecule has 5 heterocycles. The van der Waals surface area contributed by atoms with Gasteiger partial charge in [-0.25, -0.2) is 4.79 Å². The van der Waals surface area contributed by atoms with E-state index < -0.39 is 241 Å². The summed E-state index contributed by atoms with van der Waals surface area (Å²) in [7, 11) is 0. The molecule has 21 N–H and O–H groups in total. The van der Waals surface area contributed by atoms with Crippen LogP contribution < -0.4 is 16.0 Å². The number of aliphatic hydroxyl groups excluding tert-OH is 17. The van der Waals surface area contributed by atoms with E-state index in [2.05, 4.69) is 22.9 Å². The van der Waals surface area contributed by atoms with E-state index in [0.29, 0.717) is 12.8 Å². The lowest BCUT2D eigenvalue weighted by atomic mass is 9.88. The fourth-order valence-electron chi connectivity index (χ4n) is 14.9. The Kier molecular flexibility index (Phi) is 46.9. The molecule has 28 atom stereocenters. The van der Waals surface area contributed by atoms with Gasteiger partial charge in [0.05, 0.1) is 63.9 Å². The van der Waals surface area contributed by atoms with Crippen molar-refractivity contribution in [2.75, 3.05) is 46.2 Å². The van der Waals surface area contributed by atoms with E-state index in [9.17, 15) is 106 Å².